The zero-order valence-corrected chi connectivity index (χ0v) is 17.4. The van der Waals surface area contributed by atoms with E-state index in [-0.39, 0.29) is 12.7 Å². The first kappa shape index (κ1) is 19.7. The van der Waals surface area contributed by atoms with E-state index in [1.165, 1.54) is 0 Å². The number of carbonyl (C=O) groups is 1. The third kappa shape index (κ3) is 3.76. The zero-order valence-electron chi connectivity index (χ0n) is 17.4. The first-order valence-corrected chi connectivity index (χ1v) is 10.2. The molecular formula is C25H21N3O4. The minimum Gasteiger partial charge on any atom is -0.495 e. The Morgan fingerprint density at radius 3 is 2.78 bits per heavy atom. The Morgan fingerprint density at radius 2 is 1.94 bits per heavy atom. The van der Waals surface area contributed by atoms with Crippen molar-refractivity contribution in [2.75, 3.05) is 13.9 Å². The van der Waals surface area contributed by atoms with Gasteiger partial charge >= 0.3 is 0 Å². The molecule has 0 bridgehead atoms. The number of ether oxygens (including phenoxy) is 3. The Bertz CT molecular complexity index is 1310. The number of nitrogens with one attached hydrogen (secondary N) is 2. The van der Waals surface area contributed by atoms with Crippen molar-refractivity contribution in [1.82, 2.24) is 15.5 Å². The Labute approximate surface area is 184 Å². The van der Waals surface area contributed by atoms with Gasteiger partial charge in [-0.2, -0.15) is 5.10 Å². The smallest absolute Gasteiger partial charge is 0.255 e. The summed E-state index contributed by atoms with van der Waals surface area (Å²) in [5, 5.41) is 11.1. The average molecular weight is 427 g/mol. The molecule has 32 heavy (non-hydrogen) atoms. The van der Waals surface area contributed by atoms with Crippen LogP contribution in [0.3, 0.4) is 0 Å². The van der Waals surface area contributed by atoms with Gasteiger partial charge in [0, 0.05) is 6.54 Å². The van der Waals surface area contributed by atoms with Gasteiger partial charge in [-0.25, -0.2) is 0 Å². The molecule has 4 aromatic rings. The highest BCUT2D eigenvalue weighted by Crippen LogP contribution is 2.34. The number of fused-ring (bicyclic) bond motifs is 2. The van der Waals surface area contributed by atoms with Gasteiger partial charge in [0.2, 0.25) is 6.79 Å². The van der Waals surface area contributed by atoms with Gasteiger partial charge in [-0.3, -0.25) is 9.89 Å². The van der Waals surface area contributed by atoms with Crippen LogP contribution in [0.5, 0.6) is 17.2 Å². The van der Waals surface area contributed by atoms with Crippen molar-refractivity contribution in [1.29, 1.82) is 0 Å². The molecule has 7 heteroatoms. The second-order valence-electron chi connectivity index (χ2n) is 7.29. The van der Waals surface area contributed by atoms with E-state index in [4.69, 9.17) is 14.2 Å². The fourth-order valence-electron chi connectivity index (χ4n) is 3.68. The number of nitrogens with zero attached hydrogens (tertiary/aromatic N) is 1. The molecule has 160 valence electrons. The Hall–Kier alpha value is -4.26. The number of hydrogen-bond donors (Lipinski definition) is 2. The number of aromatic amines is 1. The minimum absolute atomic E-state index is 0.209. The highest BCUT2D eigenvalue weighted by molar-refractivity contribution is 6.05. The van der Waals surface area contributed by atoms with Crippen LogP contribution in [-0.4, -0.2) is 30.0 Å². The van der Waals surface area contributed by atoms with Crippen molar-refractivity contribution in [2.24, 2.45) is 0 Å². The van der Waals surface area contributed by atoms with Gasteiger partial charge in [-0.15, -0.1) is 0 Å². The number of amides is 1. The molecule has 7 nitrogen and oxygen atoms in total. The number of aromatic nitrogens is 2. The van der Waals surface area contributed by atoms with Crippen LogP contribution >= 0.6 is 0 Å². The van der Waals surface area contributed by atoms with Gasteiger partial charge in [0.1, 0.15) is 5.75 Å². The summed E-state index contributed by atoms with van der Waals surface area (Å²) in [5.74, 6) is 1.72. The fourth-order valence-corrected chi connectivity index (χ4v) is 3.68. The molecule has 1 aliphatic rings. The molecule has 1 aromatic heterocycles. The number of methoxy groups -OCH3 is 1. The SMILES string of the molecule is COc1c(C(=O)NCc2ccccc2)ccc2[nH]nc(C=Cc3ccc4c(c3)OCO4)c12. The first-order valence-electron chi connectivity index (χ1n) is 10.2. The van der Waals surface area contributed by atoms with E-state index in [0.29, 0.717) is 29.3 Å². The molecule has 0 fully saturated rings. The summed E-state index contributed by atoms with van der Waals surface area (Å²) in [5.41, 5.74) is 3.88. The topological polar surface area (TPSA) is 85.5 Å². The monoisotopic (exact) mass is 427 g/mol. The standard InChI is InChI=1S/C25H21N3O4/c1-30-24-18(25(29)26-14-17-5-3-2-4-6-17)9-11-20-23(24)19(27-28-20)10-7-16-8-12-21-22(13-16)32-15-31-21/h2-13H,14-15H2,1H3,(H,26,29)(H,27,28). The van der Waals surface area contributed by atoms with E-state index in [2.05, 4.69) is 15.5 Å². The van der Waals surface area contributed by atoms with E-state index in [1.54, 1.807) is 13.2 Å². The molecule has 3 aromatic carbocycles. The quantitative estimate of drug-likeness (QED) is 0.476. The lowest BCUT2D eigenvalue weighted by Gasteiger charge is -2.11. The van der Waals surface area contributed by atoms with Crippen LogP contribution in [0.15, 0.2) is 60.7 Å². The second-order valence-corrected chi connectivity index (χ2v) is 7.29. The lowest BCUT2D eigenvalue weighted by atomic mass is 10.1. The number of benzene rings is 3. The third-order valence-electron chi connectivity index (χ3n) is 5.29. The molecule has 2 heterocycles. The Balaban J connectivity index is 1.44. The maximum absolute atomic E-state index is 12.9. The lowest BCUT2D eigenvalue weighted by Crippen LogP contribution is -2.23. The molecule has 0 radical (unpaired) electrons. The van der Waals surface area contributed by atoms with Crippen LogP contribution in [0.25, 0.3) is 23.1 Å². The van der Waals surface area contributed by atoms with Crippen molar-refractivity contribution in [3.05, 3.63) is 83.0 Å². The molecule has 2 N–H and O–H groups in total. The maximum atomic E-state index is 12.9. The van der Waals surface area contributed by atoms with Crippen LogP contribution < -0.4 is 19.5 Å². The van der Waals surface area contributed by atoms with Gasteiger partial charge < -0.3 is 19.5 Å². The second kappa shape index (κ2) is 8.47. The molecule has 1 aliphatic heterocycles. The number of hydrogen-bond acceptors (Lipinski definition) is 5. The van der Waals surface area contributed by atoms with Gasteiger partial charge in [0.05, 0.1) is 29.3 Å². The van der Waals surface area contributed by atoms with Gasteiger partial charge in [0.25, 0.3) is 5.91 Å². The van der Waals surface area contributed by atoms with Crippen molar-refractivity contribution >= 4 is 29.0 Å². The van der Waals surface area contributed by atoms with Crippen LogP contribution in [0.4, 0.5) is 0 Å². The van der Waals surface area contributed by atoms with Gasteiger partial charge in [-0.05, 0) is 41.5 Å². The molecule has 1 amide bonds. The summed E-state index contributed by atoms with van der Waals surface area (Å²) < 4.78 is 16.4. The molecule has 0 saturated heterocycles. The lowest BCUT2D eigenvalue weighted by molar-refractivity contribution is 0.0948. The molecule has 0 unspecified atom stereocenters. The highest BCUT2D eigenvalue weighted by atomic mass is 16.7. The Morgan fingerprint density at radius 1 is 1.09 bits per heavy atom. The predicted molar refractivity (Wildman–Crippen MR) is 122 cm³/mol. The van der Waals surface area contributed by atoms with Crippen molar-refractivity contribution in [3.8, 4) is 17.2 Å². The Kier molecular flexibility index (Phi) is 5.21. The van der Waals surface area contributed by atoms with Crippen LogP contribution in [0.1, 0.15) is 27.2 Å². The largest absolute Gasteiger partial charge is 0.495 e. The normalized spacial score (nSPS) is 12.4. The minimum atomic E-state index is -0.209. The first-order chi connectivity index (χ1) is 15.7. The molecule has 0 saturated carbocycles. The average Bonchev–Trinajstić information content (AvgIpc) is 3.47. The molecule has 0 atom stereocenters. The van der Waals surface area contributed by atoms with E-state index >= 15 is 0 Å². The van der Waals surface area contributed by atoms with Crippen LogP contribution in [-0.2, 0) is 6.54 Å². The number of rotatable bonds is 6. The molecular weight excluding hydrogens is 406 g/mol. The summed E-state index contributed by atoms with van der Waals surface area (Å²) in [7, 11) is 1.56. The van der Waals surface area contributed by atoms with E-state index in [1.807, 2.05) is 66.7 Å². The highest BCUT2D eigenvalue weighted by Gasteiger charge is 2.19. The predicted octanol–water partition coefficient (Wildman–Crippen LogP) is 4.40. The van der Waals surface area contributed by atoms with Crippen molar-refractivity contribution in [3.63, 3.8) is 0 Å². The third-order valence-corrected chi connectivity index (χ3v) is 5.29. The number of carbonyl (C=O) groups excluding carboxylic acids is 1. The van der Waals surface area contributed by atoms with Crippen LogP contribution in [0, 0.1) is 0 Å². The van der Waals surface area contributed by atoms with Gasteiger partial charge in [-0.1, -0.05) is 42.5 Å². The van der Waals surface area contributed by atoms with E-state index in [0.717, 1.165) is 27.8 Å². The molecule has 0 spiro atoms. The summed E-state index contributed by atoms with van der Waals surface area (Å²) in [4.78, 5) is 12.9. The van der Waals surface area contributed by atoms with Crippen molar-refractivity contribution < 1.29 is 19.0 Å². The van der Waals surface area contributed by atoms with E-state index < -0.39 is 0 Å². The van der Waals surface area contributed by atoms with Crippen molar-refractivity contribution in [2.45, 2.75) is 6.54 Å². The maximum Gasteiger partial charge on any atom is 0.255 e. The number of H-pyrrole nitrogens is 1. The van der Waals surface area contributed by atoms with E-state index in [9.17, 15) is 4.79 Å². The summed E-state index contributed by atoms with van der Waals surface area (Å²) in [6.45, 7) is 0.669. The molecule has 0 aliphatic carbocycles. The fraction of sp³-hybridized carbons (Fsp3) is 0.120. The van der Waals surface area contributed by atoms with Gasteiger partial charge in [0.15, 0.2) is 11.5 Å². The van der Waals surface area contributed by atoms with Crippen LogP contribution in [0.2, 0.25) is 0 Å². The zero-order chi connectivity index (χ0) is 21.9. The molecule has 5 rings (SSSR count). The summed E-state index contributed by atoms with van der Waals surface area (Å²) in [6, 6.07) is 19.1. The summed E-state index contributed by atoms with van der Waals surface area (Å²) >= 11 is 0. The summed E-state index contributed by atoms with van der Waals surface area (Å²) in [6.07, 6.45) is 3.81.